The number of likely N-dealkylation sites (tertiary alicyclic amines) is 1. The van der Waals surface area contributed by atoms with Gasteiger partial charge in [0.1, 0.15) is 0 Å². The van der Waals surface area contributed by atoms with Gasteiger partial charge in [-0.1, -0.05) is 23.7 Å². The standard InChI is InChI=1S/C18H18ClNO4S/c1-24-14-8-13(9-17(21)22)20(10-14)18(23)16-7-6-15(25-16)11-2-4-12(19)5-3-11/h2-7,13-14H,8-10H2,1H3,(H,21,22). The van der Waals surface area contributed by atoms with Crippen molar-refractivity contribution in [3.05, 3.63) is 46.3 Å². The van der Waals surface area contributed by atoms with Crippen LogP contribution in [-0.2, 0) is 9.53 Å². The lowest BCUT2D eigenvalue weighted by molar-refractivity contribution is -0.137. The van der Waals surface area contributed by atoms with Gasteiger partial charge in [-0.2, -0.15) is 0 Å². The Morgan fingerprint density at radius 3 is 2.64 bits per heavy atom. The highest BCUT2D eigenvalue weighted by molar-refractivity contribution is 7.17. The van der Waals surface area contributed by atoms with Crippen molar-refractivity contribution in [2.75, 3.05) is 13.7 Å². The predicted molar refractivity (Wildman–Crippen MR) is 97.3 cm³/mol. The highest BCUT2D eigenvalue weighted by Crippen LogP contribution is 2.32. The molecule has 25 heavy (non-hydrogen) atoms. The number of carboxylic acid groups (broad SMARTS) is 1. The second-order valence-corrected chi connectivity index (χ2v) is 7.49. The molecular formula is C18H18ClNO4S. The Labute approximate surface area is 154 Å². The summed E-state index contributed by atoms with van der Waals surface area (Å²) in [5.74, 6) is -1.05. The Morgan fingerprint density at radius 2 is 2.00 bits per heavy atom. The van der Waals surface area contributed by atoms with Crippen molar-refractivity contribution in [2.45, 2.75) is 25.0 Å². The van der Waals surface area contributed by atoms with Crippen LogP contribution in [-0.4, -0.2) is 47.7 Å². The summed E-state index contributed by atoms with van der Waals surface area (Å²) >= 11 is 7.30. The van der Waals surface area contributed by atoms with E-state index < -0.39 is 5.97 Å². The van der Waals surface area contributed by atoms with Crippen LogP contribution in [0.15, 0.2) is 36.4 Å². The van der Waals surface area contributed by atoms with Gasteiger partial charge in [-0.25, -0.2) is 0 Å². The molecule has 0 spiro atoms. The van der Waals surface area contributed by atoms with Crippen molar-refractivity contribution in [1.29, 1.82) is 0 Å². The van der Waals surface area contributed by atoms with Crippen molar-refractivity contribution in [1.82, 2.24) is 4.90 Å². The first-order valence-electron chi connectivity index (χ1n) is 7.89. The maximum absolute atomic E-state index is 12.9. The molecule has 2 atom stereocenters. The molecule has 0 bridgehead atoms. The minimum Gasteiger partial charge on any atom is -0.481 e. The summed E-state index contributed by atoms with van der Waals surface area (Å²) in [4.78, 5) is 27.1. The molecule has 1 aliphatic heterocycles. The summed E-state index contributed by atoms with van der Waals surface area (Å²) in [5.41, 5.74) is 0.992. The van der Waals surface area contributed by atoms with Crippen LogP contribution >= 0.6 is 22.9 Å². The van der Waals surface area contributed by atoms with E-state index in [1.54, 1.807) is 18.1 Å². The topological polar surface area (TPSA) is 66.8 Å². The van der Waals surface area contributed by atoms with E-state index in [9.17, 15) is 9.59 Å². The highest BCUT2D eigenvalue weighted by Gasteiger charge is 2.37. The molecule has 1 aliphatic rings. The molecular weight excluding hydrogens is 362 g/mol. The number of carboxylic acids is 1. The van der Waals surface area contributed by atoms with Gasteiger partial charge in [0.2, 0.25) is 0 Å². The van der Waals surface area contributed by atoms with E-state index in [1.165, 1.54) is 11.3 Å². The lowest BCUT2D eigenvalue weighted by Gasteiger charge is -2.22. The van der Waals surface area contributed by atoms with Crippen LogP contribution < -0.4 is 0 Å². The summed E-state index contributed by atoms with van der Waals surface area (Å²) in [6.45, 7) is 0.418. The van der Waals surface area contributed by atoms with Crippen molar-refractivity contribution in [2.24, 2.45) is 0 Å². The number of amides is 1. The monoisotopic (exact) mass is 379 g/mol. The first kappa shape index (κ1) is 17.9. The van der Waals surface area contributed by atoms with Crippen molar-refractivity contribution < 1.29 is 19.4 Å². The third-order valence-corrected chi connectivity index (χ3v) is 5.70. The fourth-order valence-electron chi connectivity index (χ4n) is 3.05. The molecule has 7 heteroatoms. The third kappa shape index (κ3) is 4.03. The van der Waals surface area contributed by atoms with Gasteiger partial charge in [0, 0.05) is 29.6 Å². The van der Waals surface area contributed by atoms with Gasteiger partial charge < -0.3 is 14.7 Å². The summed E-state index contributed by atoms with van der Waals surface area (Å²) in [5, 5.41) is 9.75. The SMILES string of the molecule is COC1CC(CC(=O)O)N(C(=O)c2ccc(-c3ccc(Cl)cc3)s2)C1. The Hall–Kier alpha value is -1.89. The van der Waals surface area contributed by atoms with Crippen LogP contribution in [0.4, 0.5) is 0 Å². The maximum atomic E-state index is 12.9. The number of halogens is 1. The van der Waals surface area contributed by atoms with E-state index in [0.29, 0.717) is 22.9 Å². The van der Waals surface area contributed by atoms with Crippen LogP contribution in [0.25, 0.3) is 10.4 Å². The van der Waals surface area contributed by atoms with Crippen LogP contribution in [0.1, 0.15) is 22.5 Å². The molecule has 1 fully saturated rings. The number of nitrogens with zero attached hydrogens (tertiary/aromatic N) is 1. The summed E-state index contributed by atoms with van der Waals surface area (Å²) in [6.07, 6.45) is 0.356. The molecule has 1 amide bonds. The number of rotatable bonds is 5. The Balaban J connectivity index is 1.80. The predicted octanol–water partition coefficient (Wildman–Crippen LogP) is 3.77. The molecule has 0 radical (unpaired) electrons. The van der Waals surface area contributed by atoms with Gasteiger partial charge in [0.05, 0.1) is 17.4 Å². The van der Waals surface area contributed by atoms with Gasteiger partial charge in [-0.05, 0) is 36.2 Å². The number of aliphatic carboxylic acids is 1. The van der Waals surface area contributed by atoms with E-state index >= 15 is 0 Å². The molecule has 1 N–H and O–H groups in total. The van der Waals surface area contributed by atoms with E-state index in [0.717, 1.165) is 10.4 Å². The van der Waals surface area contributed by atoms with Crippen molar-refractivity contribution >= 4 is 34.8 Å². The molecule has 1 aromatic heterocycles. The van der Waals surface area contributed by atoms with Crippen LogP contribution in [0.2, 0.25) is 5.02 Å². The van der Waals surface area contributed by atoms with Crippen LogP contribution in [0.3, 0.4) is 0 Å². The molecule has 5 nitrogen and oxygen atoms in total. The number of methoxy groups -OCH3 is 1. The highest BCUT2D eigenvalue weighted by atomic mass is 35.5. The van der Waals surface area contributed by atoms with E-state index in [-0.39, 0.29) is 24.5 Å². The summed E-state index contributed by atoms with van der Waals surface area (Å²) in [7, 11) is 1.58. The number of benzene rings is 1. The second kappa shape index (κ2) is 7.56. The first-order valence-corrected chi connectivity index (χ1v) is 9.08. The van der Waals surface area contributed by atoms with Gasteiger partial charge in [-0.15, -0.1) is 11.3 Å². The number of carbonyl (C=O) groups is 2. The minimum atomic E-state index is -0.910. The molecule has 2 unspecified atom stereocenters. The molecule has 1 aromatic carbocycles. The average Bonchev–Trinajstić information content (AvgIpc) is 3.21. The number of hydrogen-bond acceptors (Lipinski definition) is 4. The van der Waals surface area contributed by atoms with E-state index in [4.69, 9.17) is 21.4 Å². The normalized spacial score (nSPS) is 20.0. The first-order chi connectivity index (χ1) is 12.0. The average molecular weight is 380 g/mol. The lowest BCUT2D eigenvalue weighted by atomic mass is 10.1. The molecule has 0 saturated carbocycles. The number of thiophene rings is 1. The smallest absolute Gasteiger partial charge is 0.305 e. The zero-order valence-corrected chi connectivity index (χ0v) is 15.2. The Morgan fingerprint density at radius 1 is 1.28 bits per heavy atom. The van der Waals surface area contributed by atoms with Gasteiger partial charge in [0.25, 0.3) is 5.91 Å². The Bertz CT molecular complexity index is 774. The fraction of sp³-hybridized carbons (Fsp3) is 0.333. The van der Waals surface area contributed by atoms with Gasteiger partial charge in [-0.3, -0.25) is 9.59 Å². The molecule has 0 aliphatic carbocycles. The minimum absolute atomic E-state index is 0.0684. The number of hydrogen-bond donors (Lipinski definition) is 1. The third-order valence-electron chi connectivity index (χ3n) is 4.33. The second-order valence-electron chi connectivity index (χ2n) is 5.97. The largest absolute Gasteiger partial charge is 0.481 e. The van der Waals surface area contributed by atoms with Crippen LogP contribution in [0.5, 0.6) is 0 Å². The zero-order chi connectivity index (χ0) is 18.0. The molecule has 2 aromatic rings. The fourth-order valence-corrected chi connectivity index (χ4v) is 4.15. The molecule has 1 saturated heterocycles. The van der Waals surface area contributed by atoms with Crippen molar-refractivity contribution in [3.63, 3.8) is 0 Å². The summed E-state index contributed by atoms with van der Waals surface area (Å²) < 4.78 is 5.33. The number of carbonyl (C=O) groups excluding carboxylic acids is 1. The molecule has 3 rings (SSSR count). The molecule has 132 valence electrons. The molecule has 2 heterocycles. The van der Waals surface area contributed by atoms with Crippen molar-refractivity contribution in [3.8, 4) is 10.4 Å². The van der Waals surface area contributed by atoms with E-state index in [1.807, 2.05) is 30.3 Å². The zero-order valence-electron chi connectivity index (χ0n) is 13.6. The lowest BCUT2D eigenvalue weighted by Crippen LogP contribution is -2.36. The summed E-state index contributed by atoms with van der Waals surface area (Å²) in [6, 6.07) is 10.8. The Kier molecular flexibility index (Phi) is 5.42. The van der Waals surface area contributed by atoms with Gasteiger partial charge in [0.15, 0.2) is 0 Å². The maximum Gasteiger partial charge on any atom is 0.305 e. The quantitative estimate of drug-likeness (QED) is 0.858. The van der Waals surface area contributed by atoms with E-state index in [2.05, 4.69) is 0 Å². The van der Waals surface area contributed by atoms with Gasteiger partial charge >= 0.3 is 5.97 Å². The number of ether oxygens (including phenoxy) is 1. The van der Waals surface area contributed by atoms with Crippen LogP contribution in [0, 0.1) is 0 Å².